The Morgan fingerprint density at radius 3 is 2.15 bits per heavy atom. The largest absolute Gasteiger partial charge is 0.337 e. The van der Waals surface area contributed by atoms with Gasteiger partial charge in [0, 0.05) is 7.05 Å². The molecule has 1 aromatic rings. The van der Waals surface area contributed by atoms with Crippen molar-refractivity contribution >= 4 is 23.5 Å². The summed E-state index contributed by atoms with van der Waals surface area (Å²) in [5.74, 6) is -0.841. The molecular weight excluding hydrogens is 256 g/mol. The Labute approximate surface area is 116 Å². The van der Waals surface area contributed by atoms with Gasteiger partial charge in [0.05, 0.1) is 5.69 Å². The lowest BCUT2D eigenvalue weighted by molar-refractivity contribution is -0.148. The number of imide groups is 2. The average Bonchev–Trinajstić information content (AvgIpc) is 2.96. The van der Waals surface area contributed by atoms with E-state index in [1.807, 2.05) is 18.2 Å². The molecule has 3 rings (SSSR count). The summed E-state index contributed by atoms with van der Waals surface area (Å²) < 4.78 is 0. The second-order valence-corrected chi connectivity index (χ2v) is 5.08. The lowest BCUT2D eigenvalue weighted by Crippen LogP contribution is -2.63. The second-order valence-electron chi connectivity index (χ2n) is 5.08. The van der Waals surface area contributed by atoms with E-state index < -0.39 is 23.3 Å². The summed E-state index contributed by atoms with van der Waals surface area (Å²) in [6.45, 7) is 0. The summed E-state index contributed by atoms with van der Waals surface area (Å²) >= 11 is 0. The summed E-state index contributed by atoms with van der Waals surface area (Å²) in [7, 11) is 1.42. The highest BCUT2D eigenvalue weighted by Crippen LogP contribution is 2.41. The molecule has 1 spiro atoms. The molecule has 102 valence electrons. The van der Waals surface area contributed by atoms with Crippen LogP contribution >= 0.6 is 0 Å². The van der Waals surface area contributed by atoms with Gasteiger partial charge in [-0.3, -0.25) is 14.5 Å². The fourth-order valence-corrected chi connectivity index (χ4v) is 2.76. The van der Waals surface area contributed by atoms with Gasteiger partial charge in [-0.1, -0.05) is 30.4 Å². The number of urea groups is 1. The Balaban J connectivity index is 2.09. The number of para-hydroxylation sites is 1. The topological polar surface area (TPSA) is 57.7 Å². The summed E-state index contributed by atoms with van der Waals surface area (Å²) in [6.07, 6.45) is 4.35. The van der Waals surface area contributed by atoms with Crippen molar-refractivity contribution in [3.8, 4) is 0 Å². The minimum atomic E-state index is -1.14. The third-order valence-electron chi connectivity index (χ3n) is 3.92. The van der Waals surface area contributed by atoms with E-state index in [0.717, 1.165) is 9.80 Å². The number of allylic oxidation sites excluding steroid dienone is 2. The first kappa shape index (κ1) is 12.6. The van der Waals surface area contributed by atoms with Crippen LogP contribution in [0.25, 0.3) is 0 Å². The van der Waals surface area contributed by atoms with Crippen LogP contribution < -0.4 is 4.90 Å². The summed E-state index contributed by atoms with van der Waals surface area (Å²) in [5.41, 5.74) is -0.647. The lowest BCUT2D eigenvalue weighted by Gasteiger charge is -2.40. The van der Waals surface area contributed by atoms with Crippen LogP contribution in [0.4, 0.5) is 10.5 Å². The van der Waals surface area contributed by atoms with Crippen molar-refractivity contribution in [1.29, 1.82) is 0 Å². The van der Waals surface area contributed by atoms with E-state index in [0.29, 0.717) is 18.5 Å². The number of hydrogen-bond donors (Lipinski definition) is 0. The molecule has 0 N–H and O–H groups in total. The molecular formula is C15H14N2O3. The maximum absolute atomic E-state index is 12.7. The normalized spacial score (nSPS) is 21.1. The zero-order valence-electron chi connectivity index (χ0n) is 11.1. The van der Waals surface area contributed by atoms with Gasteiger partial charge in [0.1, 0.15) is 5.41 Å². The number of barbiturate groups is 1. The number of hydrogen-bond acceptors (Lipinski definition) is 3. The van der Waals surface area contributed by atoms with E-state index >= 15 is 0 Å². The monoisotopic (exact) mass is 270 g/mol. The molecule has 1 aliphatic heterocycles. The first-order valence-corrected chi connectivity index (χ1v) is 6.45. The minimum absolute atomic E-state index is 0.353. The Morgan fingerprint density at radius 1 is 0.950 bits per heavy atom. The zero-order valence-corrected chi connectivity index (χ0v) is 11.1. The summed E-state index contributed by atoms with van der Waals surface area (Å²) in [5, 5.41) is 0. The van der Waals surface area contributed by atoms with E-state index in [4.69, 9.17) is 0 Å². The number of carbonyl (C=O) groups is 3. The van der Waals surface area contributed by atoms with Crippen molar-refractivity contribution in [3.05, 3.63) is 42.5 Å². The third kappa shape index (κ3) is 1.52. The highest BCUT2D eigenvalue weighted by Gasteiger charge is 2.56. The van der Waals surface area contributed by atoms with Gasteiger partial charge in [-0.25, -0.2) is 9.69 Å². The first-order chi connectivity index (χ1) is 9.58. The van der Waals surface area contributed by atoms with Crippen molar-refractivity contribution < 1.29 is 14.4 Å². The molecule has 1 saturated heterocycles. The van der Waals surface area contributed by atoms with Gasteiger partial charge in [0.2, 0.25) is 5.91 Å². The molecule has 5 heteroatoms. The van der Waals surface area contributed by atoms with Crippen LogP contribution in [-0.4, -0.2) is 29.8 Å². The molecule has 0 saturated carbocycles. The standard InChI is InChI=1S/C15H14N2O3/c1-16-12(18)15(9-5-6-10-15)13(19)17(14(16)20)11-7-3-2-4-8-11/h2-8H,9-10H2,1H3. The van der Waals surface area contributed by atoms with Crippen LogP contribution in [0.3, 0.4) is 0 Å². The van der Waals surface area contributed by atoms with Gasteiger partial charge in [-0.05, 0) is 25.0 Å². The summed E-state index contributed by atoms with van der Waals surface area (Å²) in [6, 6.07) is 8.11. The fourth-order valence-electron chi connectivity index (χ4n) is 2.76. The molecule has 4 amide bonds. The Morgan fingerprint density at radius 2 is 1.55 bits per heavy atom. The molecule has 5 nitrogen and oxygen atoms in total. The van der Waals surface area contributed by atoms with Gasteiger partial charge >= 0.3 is 6.03 Å². The summed E-state index contributed by atoms with van der Waals surface area (Å²) in [4.78, 5) is 39.5. The van der Waals surface area contributed by atoms with Crippen molar-refractivity contribution in [3.63, 3.8) is 0 Å². The lowest BCUT2D eigenvalue weighted by atomic mass is 9.80. The van der Waals surface area contributed by atoms with Gasteiger partial charge < -0.3 is 0 Å². The Bertz CT molecular complexity index is 613. The van der Waals surface area contributed by atoms with Crippen LogP contribution in [-0.2, 0) is 9.59 Å². The molecule has 0 radical (unpaired) electrons. The number of rotatable bonds is 1. The average molecular weight is 270 g/mol. The minimum Gasteiger partial charge on any atom is -0.273 e. The van der Waals surface area contributed by atoms with Crippen molar-refractivity contribution in [2.75, 3.05) is 11.9 Å². The maximum Gasteiger partial charge on any atom is 0.337 e. The highest BCUT2D eigenvalue weighted by molar-refractivity contribution is 6.30. The number of carbonyl (C=O) groups excluding carboxylic acids is 3. The molecule has 20 heavy (non-hydrogen) atoms. The second kappa shape index (κ2) is 4.30. The van der Waals surface area contributed by atoms with E-state index in [9.17, 15) is 14.4 Å². The third-order valence-corrected chi connectivity index (χ3v) is 3.92. The van der Waals surface area contributed by atoms with Crippen LogP contribution in [0.15, 0.2) is 42.5 Å². The van der Waals surface area contributed by atoms with Gasteiger partial charge in [0.25, 0.3) is 5.91 Å². The molecule has 0 atom stereocenters. The number of anilines is 1. The SMILES string of the molecule is CN1C(=O)N(c2ccccc2)C(=O)C2(CC=CC2)C1=O. The van der Waals surface area contributed by atoms with Crippen molar-refractivity contribution in [2.24, 2.45) is 5.41 Å². The van der Waals surface area contributed by atoms with Crippen LogP contribution in [0.1, 0.15) is 12.8 Å². The molecule has 1 aliphatic carbocycles. The maximum atomic E-state index is 12.7. The van der Waals surface area contributed by atoms with Crippen molar-refractivity contribution in [2.45, 2.75) is 12.8 Å². The first-order valence-electron chi connectivity index (χ1n) is 6.45. The fraction of sp³-hybridized carbons (Fsp3) is 0.267. The van der Waals surface area contributed by atoms with E-state index in [-0.39, 0.29) is 0 Å². The smallest absolute Gasteiger partial charge is 0.273 e. The number of amides is 4. The number of nitrogens with zero attached hydrogens (tertiary/aromatic N) is 2. The van der Waals surface area contributed by atoms with Crippen LogP contribution in [0.5, 0.6) is 0 Å². The van der Waals surface area contributed by atoms with Crippen LogP contribution in [0, 0.1) is 5.41 Å². The number of benzene rings is 1. The van der Waals surface area contributed by atoms with E-state index in [2.05, 4.69) is 0 Å². The molecule has 2 aliphatic rings. The van der Waals surface area contributed by atoms with Crippen LogP contribution in [0.2, 0.25) is 0 Å². The van der Waals surface area contributed by atoms with Gasteiger partial charge in [-0.15, -0.1) is 0 Å². The van der Waals surface area contributed by atoms with Gasteiger partial charge in [0.15, 0.2) is 0 Å². The predicted molar refractivity (Wildman–Crippen MR) is 72.9 cm³/mol. The highest BCUT2D eigenvalue weighted by atomic mass is 16.2. The Kier molecular flexibility index (Phi) is 2.71. The zero-order chi connectivity index (χ0) is 14.3. The molecule has 0 bridgehead atoms. The molecule has 0 aromatic heterocycles. The molecule has 1 heterocycles. The van der Waals surface area contributed by atoms with E-state index in [1.54, 1.807) is 24.3 Å². The Hall–Kier alpha value is -2.43. The van der Waals surface area contributed by atoms with Gasteiger partial charge in [-0.2, -0.15) is 0 Å². The predicted octanol–water partition coefficient (Wildman–Crippen LogP) is 1.95. The molecule has 0 unspecified atom stereocenters. The van der Waals surface area contributed by atoms with Crippen molar-refractivity contribution in [1.82, 2.24) is 4.90 Å². The molecule has 1 fully saturated rings. The molecule has 1 aromatic carbocycles. The quantitative estimate of drug-likeness (QED) is 0.579. The van der Waals surface area contributed by atoms with E-state index in [1.165, 1.54) is 7.05 Å².